The summed E-state index contributed by atoms with van der Waals surface area (Å²) in [5, 5.41) is 17.5. The molecule has 27 heavy (non-hydrogen) atoms. The van der Waals surface area contributed by atoms with Crippen molar-refractivity contribution >= 4 is 64.2 Å². The van der Waals surface area contributed by atoms with Crippen molar-refractivity contribution in [3.05, 3.63) is 67.1 Å². The fourth-order valence-corrected chi connectivity index (χ4v) is 2.38. The fraction of sp³-hybridized carbons (Fsp3) is 0.0625. The van der Waals surface area contributed by atoms with Gasteiger partial charge in [0.2, 0.25) is 11.8 Å². The molecule has 11 heteroatoms. The van der Waals surface area contributed by atoms with E-state index in [-0.39, 0.29) is 15.7 Å². The first kappa shape index (κ1) is 20.6. The molecule has 0 fully saturated rings. The number of benzene rings is 2. The zero-order valence-corrected chi connectivity index (χ0v) is 15.7. The van der Waals surface area contributed by atoms with Gasteiger partial charge in [-0.3, -0.25) is 19.7 Å². The highest BCUT2D eigenvalue weighted by molar-refractivity contribution is 6.42. The maximum Gasteiger partial charge on any atom is 0.288 e. The van der Waals surface area contributed by atoms with Gasteiger partial charge in [0.1, 0.15) is 11.4 Å². The van der Waals surface area contributed by atoms with Gasteiger partial charge in [0.15, 0.2) is 0 Å². The van der Waals surface area contributed by atoms with Crippen molar-refractivity contribution in [1.29, 1.82) is 0 Å². The SMILES string of the molecule is O=C(CC(=O)Nc1ccc(Cl)c(Cl)c1)NN=Cc1ccc(Cl)c([N+](=O)[O-])c1. The third-order valence-electron chi connectivity index (χ3n) is 3.09. The molecule has 2 aromatic carbocycles. The van der Waals surface area contributed by atoms with Crippen LogP contribution in [0.15, 0.2) is 41.5 Å². The van der Waals surface area contributed by atoms with E-state index in [2.05, 4.69) is 15.8 Å². The van der Waals surface area contributed by atoms with Crippen LogP contribution in [-0.2, 0) is 9.59 Å². The van der Waals surface area contributed by atoms with Gasteiger partial charge >= 0.3 is 0 Å². The van der Waals surface area contributed by atoms with Crippen molar-refractivity contribution < 1.29 is 14.5 Å². The molecule has 0 radical (unpaired) electrons. The molecule has 0 atom stereocenters. The molecule has 8 nitrogen and oxygen atoms in total. The van der Waals surface area contributed by atoms with Crippen LogP contribution in [0.1, 0.15) is 12.0 Å². The summed E-state index contributed by atoms with van der Waals surface area (Å²) in [6.07, 6.45) is 0.705. The van der Waals surface area contributed by atoms with Crippen LogP contribution < -0.4 is 10.7 Å². The van der Waals surface area contributed by atoms with E-state index in [9.17, 15) is 19.7 Å². The molecule has 0 aliphatic heterocycles. The van der Waals surface area contributed by atoms with Crippen molar-refractivity contribution in [1.82, 2.24) is 5.43 Å². The summed E-state index contributed by atoms with van der Waals surface area (Å²) in [6, 6.07) is 8.53. The number of nitrogens with one attached hydrogen (secondary N) is 2. The number of amides is 2. The lowest BCUT2D eigenvalue weighted by molar-refractivity contribution is -0.384. The van der Waals surface area contributed by atoms with E-state index in [0.29, 0.717) is 16.3 Å². The summed E-state index contributed by atoms with van der Waals surface area (Å²) in [4.78, 5) is 33.7. The van der Waals surface area contributed by atoms with Crippen molar-refractivity contribution in [2.24, 2.45) is 5.10 Å². The van der Waals surface area contributed by atoms with Crippen molar-refractivity contribution in [3.8, 4) is 0 Å². The lowest BCUT2D eigenvalue weighted by atomic mass is 10.2. The fourth-order valence-electron chi connectivity index (χ4n) is 1.89. The van der Waals surface area contributed by atoms with Crippen LogP contribution in [0.5, 0.6) is 0 Å². The molecule has 2 aromatic rings. The van der Waals surface area contributed by atoms with Gasteiger partial charge in [0.05, 0.1) is 21.2 Å². The number of hydrogen-bond donors (Lipinski definition) is 2. The van der Waals surface area contributed by atoms with Gasteiger partial charge < -0.3 is 5.32 Å². The first-order valence-electron chi connectivity index (χ1n) is 7.27. The van der Waals surface area contributed by atoms with Crippen LogP contribution in [0, 0.1) is 10.1 Å². The Morgan fingerprint density at radius 3 is 2.41 bits per heavy atom. The smallest absolute Gasteiger partial charge is 0.288 e. The molecule has 0 heterocycles. The van der Waals surface area contributed by atoms with Gasteiger partial charge in [0.25, 0.3) is 5.69 Å². The average Bonchev–Trinajstić information content (AvgIpc) is 2.59. The van der Waals surface area contributed by atoms with E-state index in [1.807, 2.05) is 0 Å². The summed E-state index contributed by atoms with van der Waals surface area (Å²) < 4.78 is 0. The number of anilines is 1. The number of carbonyl (C=O) groups is 2. The molecule has 0 spiro atoms. The molecule has 0 aliphatic rings. The quantitative estimate of drug-likeness (QED) is 0.312. The van der Waals surface area contributed by atoms with Gasteiger partial charge in [-0.05, 0) is 24.3 Å². The number of carbonyl (C=O) groups excluding carboxylic acids is 2. The number of nitro benzene ring substituents is 1. The third kappa shape index (κ3) is 6.21. The summed E-state index contributed by atoms with van der Waals surface area (Å²) in [5.74, 6) is -1.25. The lowest BCUT2D eigenvalue weighted by Gasteiger charge is -2.05. The van der Waals surface area contributed by atoms with Crippen LogP contribution in [0.3, 0.4) is 0 Å². The molecule has 0 saturated heterocycles. The zero-order valence-electron chi connectivity index (χ0n) is 13.4. The minimum Gasteiger partial charge on any atom is -0.326 e. The maximum atomic E-state index is 11.8. The van der Waals surface area contributed by atoms with Crippen molar-refractivity contribution in [2.45, 2.75) is 6.42 Å². The standard InChI is InChI=1S/C16H11Cl3N4O4/c17-11-4-2-10(6-13(11)19)21-15(24)7-16(25)22-20-8-9-1-3-12(18)14(5-9)23(26)27/h1-6,8H,7H2,(H,21,24)(H,22,25). The third-order valence-corrected chi connectivity index (χ3v) is 4.15. The van der Waals surface area contributed by atoms with Gasteiger partial charge in [-0.2, -0.15) is 5.10 Å². The summed E-state index contributed by atoms with van der Waals surface area (Å²) in [6.45, 7) is 0. The Kier molecular flexibility index (Phi) is 7.12. The molecule has 0 bridgehead atoms. The molecule has 0 unspecified atom stereocenters. The van der Waals surface area contributed by atoms with Gasteiger partial charge in [-0.1, -0.05) is 40.9 Å². The monoisotopic (exact) mass is 428 g/mol. The Hall–Kier alpha value is -2.68. The molecule has 0 aliphatic carbocycles. The molecule has 2 rings (SSSR count). The summed E-state index contributed by atoms with van der Waals surface area (Å²) >= 11 is 17.3. The highest BCUT2D eigenvalue weighted by Gasteiger charge is 2.12. The Balaban J connectivity index is 1.89. The summed E-state index contributed by atoms with van der Waals surface area (Å²) in [5.41, 5.74) is 2.61. The van der Waals surface area contributed by atoms with E-state index >= 15 is 0 Å². The minimum atomic E-state index is -0.674. The van der Waals surface area contributed by atoms with E-state index in [1.54, 1.807) is 0 Å². The Bertz CT molecular complexity index is 934. The molecule has 140 valence electrons. The maximum absolute atomic E-state index is 11.8. The van der Waals surface area contributed by atoms with Crippen LogP contribution in [0.25, 0.3) is 0 Å². The molecule has 2 N–H and O–H groups in total. The van der Waals surface area contributed by atoms with E-state index in [1.165, 1.54) is 42.6 Å². The Morgan fingerprint density at radius 1 is 1.04 bits per heavy atom. The Morgan fingerprint density at radius 2 is 1.74 bits per heavy atom. The number of nitro groups is 1. The molecule has 2 amide bonds. The van der Waals surface area contributed by atoms with E-state index < -0.39 is 23.2 Å². The number of hydrazone groups is 1. The topological polar surface area (TPSA) is 114 Å². The minimum absolute atomic E-state index is 0.0137. The van der Waals surface area contributed by atoms with Crippen molar-refractivity contribution in [3.63, 3.8) is 0 Å². The molecular weight excluding hydrogens is 419 g/mol. The predicted octanol–water partition coefficient (Wildman–Crippen LogP) is 4.03. The predicted molar refractivity (Wildman–Crippen MR) is 104 cm³/mol. The number of halogens is 3. The zero-order chi connectivity index (χ0) is 20.0. The van der Waals surface area contributed by atoms with Crippen LogP contribution in [0.4, 0.5) is 11.4 Å². The molecule has 0 saturated carbocycles. The second-order valence-electron chi connectivity index (χ2n) is 5.11. The molecule has 0 aromatic heterocycles. The number of rotatable bonds is 6. The van der Waals surface area contributed by atoms with Crippen LogP contribution in [-0.4, -0.2) is 23.0 Å². The second-order valence-corrected chi connectivity index (χ2v) is 6.34. The van der Waals surface area contributed by atoms with Crippen LogP contribution in [0.2, 0.25) is 15.1 Å². The first-order chi connectivity index (χ1) is 12.8. The Labute approximate surface area is 168 Å². The van der Waals surface area contributed by atoms with E-state index in [0.717, 1.165) is 0 Å². The van der Waals surface area contributed by atoms with E-state index in [4.69, 9.17) is 34.8 Å². The summed E-state index contributed by atoms with van der Waals surface area (Å²) in [7, 11) is 0. The van der Waals surface area contributed by atoms with Gasteiger partial charge in [-0.15, -0.1) is 0 Å². The largest absolute Gasteiger partial charge is 0.326 e. The highest BCUT2D eigenvalue weighted by Crippen LogP contribution is 2.25. The van der Waals surface area contributed by atoms with Crippen molar-refractivity contribution in [2.75, 3.05) is 5.32 Å². The number of hydrogen-bond acceptors (Lipinski definition) is 5. The normalized spacial score (nSPS) is 10.6. The second kappa shape index (κ2) is 9.31. The highest BCUT2D eigenvalue weighted by atomic mass is 35.5. The van der Waals surface area contributed by atoms with Crippen LogP contribution >= 0.6 is 34.8 Å². The molecular formula is C16H11Cl3N4O4. The first-order valence-corrected chi connectivity index (χ1v) is 8.40. The van der Waals surface area contributed by atoms with Gasteiger partial charge in [0, 0.05) is 17.3 Å². The lowest BCUT2D eigenvalue weighted by Crippen LogP contribution is -2.24. The average molecular weight is 430 g/mol. The van der Waals surface area contributed by atoms with Gasteiger partial charge in [-0.25, -0.2) is 5.43 Å². The number of nitrogens with zero attached hydrogens (tertiary/aromatic N) is 2.